The van der Waals surface area contributed by atoms with Gasteiger partial charge in [0, 0.05) is 6.54 Å². The molecule has 5 heteroatoms. The van der Waals surface area contributed by atoms with Crippen LogP contribution < -0.4 is 10.6 Å². The molecule has 1 aromatic carbocycles. The fourth-order valence-corrected chi connectivity index (χ4v) is 2.38. The Morgan fingerprint density at radius 1 is 1.25 bits per heavy atom. The molecule has 1 fully saturated rings. The number of benzene rings is 1. The molecular weight excluding hydrogens is 256 g/mol. The molecule has 5 nitrogen and oxygen atoms in total. The van der Waals surface area contributed by atoms with E-state index >= 15 is 0 Å². The van der Waals surface area contributed by atoms with Crippen molar-refractivity contribution in [2.24, 2.45) is 5.92 Å². The van der Waals surface area contributed by atoms with Crippen LogP contribution in [0.15, 0.2) is 30.3 Å². The highest BCUT2D eigenvalue weighted by molar-refractivity contribution is 5.75. The van der Waals surface area contributed by atoms with Gasteiger partial charge in [-0.15, -0.1) is 0 Å². The number of hydrogen-bond donors (Lipinski definition) is 3. The van der Waals surface area contributed by atoms with Crippen molar-refractivity contribution < 1.29 is 14.7 Å². The average molecular weight is 276 g/mol. The van der Waals surface area contributed by atoms with Crippen molar-refractivity contribution in [2.45, 2.75) is 31.7 Å². The summed E-state index contributed by atoms with van der Waals surface area (Å²) in [6.45, 7) is 0.146. The molecule has 0 aromatic heterocycles. The predicted molar refractivity (Wildman–Crippen MR) is 75.3 cm³/mol. The highest BCUT2D eigenvalue weighted by Crippen LogP contribution is 2.37. The topological polar surface area (TPSA) is 78.4 Å². The number of amides is 2. The fraction of sp³-hybridized carbons (Fsp3) is 0.467. The number of hydrogen-bond acceptors (Lipinski definition) is 2. The van der Waals surface area contributed by atoms with Gasteiger partial charge in [-0.25, -0.2) is 4.79 Å². The first kappa shape index (κ1) is 14.4. The predicted octanol–water partition coefficient (Wildman–Crippen LogP) is 2.30. The van der Waals surface area contributed by atoms with Crippen LogP contribution in [0.5, 0.6) is 0 Å². The van der Waals surface area contributed by atoms with Gasteiger partial charge in [0.05, 0.1) is 12.5 Å². The lowest BCUT2D eigenvalue weighted by Gasteiger charge is -2.34. The van der Waals surface area contributed by atoms with Gasteiger partial charge in [0.15, 0.2) is 0 Å². The molecule has 1 aliphatic carbocycles. The Morgan fingerprint density at radius 2 is 1.95 bits per heavy atom. The van der Waals surface area contributed by atoms with Crippen molar-refractivity contribution >= 4 is 12.0 Å². The molecule has 0 radical (unpaired) electrons. The van der Waals surface area contributed by atoms with Crippen LogP contribution in [0.1, 0.15) is 37.3 Å². The zero-order valence-corrected chi connectivity index (χ0v) is 11.3. The molecule has 0 spiro atoms. The van der Waals surface area contributed by atoms with Gasteiger partial charge in [0.2, 0.25) is 0 Å². The maximum Gasteiger partial charge on any atom is 0.315 e. The number of aliphatic carboxylic acids is 1. The van der Waals surface area contributed by atoms with E-state index in [1.807, 2.05) is 30.3 Å². The van der Waals surface area contributed by atoms with Gasteiger partial charge in [-0.3, -0.25) is 4.79 Å². The molecule has 1 aromatic rings. The Morgan fingerprint density at radius 3 is 2.50 bits per heavy atom. The third-order valence-electron chi connectivity index (χ3n) is 3.69. The lowest BCUT2D eigenvalue weighted by molar-refractivity contribution is -0.136. The van der Waals surface area contributed by atoms with Crippen LogP contribution >= 0.6 is 0 Å². The third-order valence-corrected chi connectivity index (χ3v) is 3.69. The maximum absolute atomic E-state index is 11.8. The SMILES string of the molecule is O=C(O)CCNC(=O)NC(c1ccccc1)C1CCC1. The molecule has 1 atom stereocenters. The van der Waals surface area contributed by atoms with Crippen LogP contribution in [0.3, 0.4) is 0 Å². The molecule has 20 heavy (non-hydrogen) atoms. The first-order chi connectivity index (χ1) is 9.66. The number of carbonyl (C=O) groups is 2. The monoisotopic (exact) mass is 276 g/mol. The number of carboxylic acids is 1. The second-order valence-electron chi connectivity index (χ2n) is 5.12. The minimum Gasteiger partial charge on any atom is -0.481 e. The Hall–Kier alpha value is -2.04. The van der Waals surface area contributed by atoms with Crippen LogP contribution in [-0.4, -0.2) is 23.7 Å². The molecule has 3 N–H and O–H groups in total. The standard InChI is InChI=1S/C15H20N2O3/c18-13(19)9-10-16-15(20)17-14(12-7-4-8-12)11-5-2-1-3-6-11/h1-3,5-6,12,14H,4,7-10H2,(H,18,19)(H2,16,17,20). The van der Waals surface area contributed by atoms with E-state index in [2.05, 4.69) is 10.6 Å². The molecule has 0 bridgehead atoms. The van der Waals surface area contributed by atoms with Gasteiger partial charge >= 0.3 is 12.0 Å². The minimum atomic E-state index is -0.913. The highest BCUT2D eigenvalue weighted by atomic mass is 16.4. The van der Waals surface area contributed by atoms with E-state index in [0.717, 1.165) is 18.4 Å². The van der Waals surface area contributed by atoms with E-state index in [1.165, 1.54) is 6.42 Å². The summed E-state index contributed by atoms with van der Waals surface area (Å²) >= 11 is 0. The summed E-state index contributed by atoms with van der Waals surface area (Å²) in [5, 5.41) is 14.1. The van der Waals surface area contributed by atoms with E-state index in [0.29, 0.717) is 5.92 Å². The first-order valence-electron chi connectivity index (χ1n) is 6.98. The van der Waals surface area contributed by atoms with Gasteiger partial charge < -0.3 is 15.7 Å². The lowest BCUT2D eigenvalue weighted by Crippen LogP contribution is -2.42. The molecular formula is C15H20N2O3. The molecule has 2 rings (SSSR count). The van der Waals surface area contributed by atoms with Gasteiger partial charge in [-0.2, -0.15) is 0 Å². The minimum absolute atomic E-state index is 0.00905. The van der Waals surface area contributed by atoms with Gasteiger partial charge in [0.1, 0.15) is 0 Å². The van der Waals surface area contributed by atoms with E-state index < -0.39 is 5.97 Å². The van der Waals surface area contributed by atoms with Crippen LogP contribution in [-0.2, 0) is 4.79 Å². The summed E-state index contributed by atoms with van der Waals surface area (Å²) in [5.74, 6) is -0.438. The van der Waals surface area contributed by atoms with E-state index in [1.54, 1.807) is 0 Å². The number of urea groups is 1. The van der Waals surface area contributed by atoms with Crippen LogP contribution in [0.2, 0.25) is 0 Å². The second-order valence-corrected chi connectivity index (χ2v) is 5.12. The van der Waals surface area contributed by atoms with Crippen LogP contribution in [0.25, 0.3) is 0 Å². The molecule has 1 aliphatic rings. The van der Waals surface area contributed by atoms with Crippen molar-refractivity contribution in [3.05, 3.63) is 35.9 Å². The zero-order chi connectivity index (χ0) is 14.4. The molecule has 0 saturated heterocycles. The lowest BCUT2D eigenvalue weighted by atomic mass is 9.77. The van der Waals surface area contributed by atoms with Crippen molar-refractivity contribution in [3.8, 4) is 0 Å². The van der Waals surface area contributed by atoms with Crippen molar-refractivity contribution in [1.29, 1.82) is 0 Å². The summed E-state index contributed by atoms with van der Waals surface area (Å²) in [4.78, 5) is 22.3. The van der Waals surface area contributed by atoms with Gasteiger partial charge in [0.25, 0.3) is 0 Å². The van der Waals surface area contributed by atoms with E-state index in [-0.39, 0.29) is 25.0 Å². The molecule has 108 valence electrons. The van der Waals surface area contributed by atoms with Crippen LogP contribution in [0, 0.1) is 5.92 Å². The second kappa shape index (κ2) is 6.93. The maximum atomic E-state index is 11.8. The zero-order valence-electron chi connectivity index (χ0n) is 11.3. The van der Waals surface area contributed by atoms with E-state index in [9.17, 15) is 9.59 Å². The summed E-state index contributed by atoms with van der Waals surface area (Å²) < 4.78 is 0. The number of nitrogens with one attached hydrogen (secondary N) is 2. The smallest absolute Gasteiger partial charge is 0.315 e. The van der Waals surface area contributed by atoms with Crippen LogP contribution in [0.4, 0.5) is 4.79 Å². The Balaban J connectivity index is 1.91. The number of carbonyl (C=O) groups excluding carboxylic acids is 1. The molecule has 2 amide bonds. The molecule has 0 aliphatic heterocycles. The Kier molecular flexibility index (Phi) is 4.98. The van der Waals surface area contributed by atoms with Crippen molar-refractivity contribution in [1.82, 2.24) is 10.6 Å². The average Bonchev–Trinajstić information content (AvgIpc) is 2.36. The molecule has 1 unspecified atom stereocenters. The normalized spacial score (nSPS) is 16.0. The summed E-state index contributed by atoms with van der Waals surface area (Å²) in [5.41, 5.74) is 1.10. The Bertz CT molecular complexity index is 457. The highest BCUT2D eigenvalue weighted by Gasteiger charge is 2.29. The first-order valence-corrected chi connectivity index (χ1v) is 6.98. The van der Waals surface area contributed by atoms with Crippen molar-refractivity contribution in [2.75, 3.05) is 6.54 Å². The fourth-order valence-electron chi connectivity index (χ4n) is 2.38. The number of rotatable bonds is 6. The van der Waals surface area contributed by atoms with Gasteiger partial charge in [-0.05, 0) is 24.3 Å². The molecule has 0 heterocycles. The molecule has 1 saturated carbocycles. The third kappa shape index (κ3) is 3.98. The Labute approximate surface area is 118 Å². The summed E-state index contributed by atoms with van der Waals surface area (Å²) in [6.07, 6.45) is 3.38. The summed E-state index contributed by atoms with van der Waals surface area (Å²) in [7, 11) is 0. The van der Waals surface area contributed by atoms with Gasteiger partial charge in [-0.1, -0.05) is 36.8 Å². The largest absolute Gasteiger partial charge is 0.481 e. The van der Waals surface area contributed by atoms with Crippen molar-refractivity contribution in [3.63, 3.8) is 0 Å². The number of carboxylic acid groups (broad SMARTS) is 1. The quantitative estimate of drug-likeness (QED) is 0.746. The van der Waals surface area contributed by atoms with E-state index in [4.69, 9.17) is 5.11 Å². The summed E-state index contributed by atoms with van der Waals surface area (Å²) in [6, 6.07) is 9.62.